The second-order valence-electron chi connectivity index (χ2n) is 5.07. The molecule has 5 heteroatoms. The molecule has 0 atom stereocenters. The zero-order valence-corrected chi connectivity index (χ0v) is 12.7. The number of halogens is 1. The summed E-state index contributed by atoms with van der Waals surface area (Å²) in [6.45, 7) is 0.725. The molecule has 1 aromatic carbocycles. The van der Waals surface area contributed by atoms with Gasteiger partial charge in [0.05, 0.1) is 18.9 Å². The van der Waals surface area contributed by atoms with Crippen LogP contribution in [0, 0.1) is 0 Å². The molecule has 19 heavy (non-hydrogen) atoms. The molecule has 0 heterocycles. The summed E-state index contributed by atoms with van der Waals surface area (Å²) >= 11 is 3.45. The van der Waals surface area contributed by atoms with E-state index in [1.54, 1.807) is 7.11 Å². The van der Waals surface area contributed by atoms with Crippen molar-refractivity contribution in [1.82, 2.24) is 5.32 Å². The quantitative estimate of drug-likeness (QED) is 0.742. The molecule has 4 nitrogen and oxygen atoms in total. The summed E-state index contributed by atoms with van der Waals surface area (Å²) in [6, 6.07) is 4.30. The highest BCUT2D eigenvalue weighted by Crippen LogP contribution is 2.29. The molecule has 0 amide bonds. The van der Waals surface area contributed by atoms with E-state index >= 15 is 0 Å². The first-order chi connectivity index (χ1) is 9.10. The van der Waals surface area contributed by atoms with E-state index in [0.717, 1.165) is 53.7 Å². The van der Waals surface area contributed by atoms with E-state index in [9.17, 15) is 5.11 Å². The van der Waals surface area contributed by atoms with E-state index in [1.165, 1.54) is 0 Å². The van der Waals surface area contributed by atoms with Gasteiger partial charge in [0.25, 0.3) is 0 Å². The van der Waals surface area contributed by atoms with Gasteiger partial charge in [-0.25, -0.2) is 0 Å². The molecule has 0 aliphatic heterocycles. The topological polar surface area (TPSA) is 67.5 Å². The summed E-state index contributed by atoms with van der Waals surface area (Å²) in [7, 11) is 1.65. The average molecular weight is 329 g/mol. The molecule has 1 saturated carbocycles. The van der Waals surface area contributed by atoms with Gasteiger partial charge in [-0.1, -0.05) is 0 Å². The molecule has 1 aliphatic rings. The largest absolute Gasteiger partial charge is 0.497 e. The lowest BCUT2D eigenvalue weighted by Gasteiger charge is -2.26. The van der Waals surface area contributed by atoms with E-state index in [0.29, 0.717) is 6.04 Å². The summed E-state index contributed by atoms with van der Waals surface area (Å²) in [5.41, 5.74) is 7.85. The number of hydrogen-bond acceptors (Lipinski definition) is 4. The van der Waals surface area contributed by atoms with Crippen molar-refractivity contribution in [3.8, 4) is 5.75 Å². The maximum atomic E-state index is 9.49. The second-order valence-corrected chi connectivity index (χ2v) is 5.92. The van der Waals surface area contributed by atoms with E-state index in [2.05, 4.69) is 21.2 Å². The van der Waals surface area contributed by atoms with E-state index in [4.69, 9.17) is 10.5 Å². The maximum Gasteiger partial charge on any atom is 0.120 e. The van der Waals surface area contributed by atoms with Crippen LogP contribution < -0.4 is 15.8 Å². The summed E-state index contributed by atoms with van der Waals surface area (Å²) < 4.78 is 6.11. The van der Waals surface area contributed by atoms with Crippen molar-refractivity contribution in [2.24, 2.45) is 0 Å². The normalized spacial score (nSPS) is 23.3. The van der Waals surface area contributed by atoms with E-state index < -0.39 is 0 Å². The predicted molar refractivity (Wildman–Crippen MR) is 80.2 cm³/mol. The van der Waals surface area contributed by atoms with Crippen molar-refractivity contribution in [3.63, 3.8) is 0 Å². The number of aliphatic hydroxyl groups is 1. The summed E-state index contributed by atoms with van der Waals surface area (Å²) in [5, 5.41) is 13.0. The Kier molecular flexibility index (Phi) is 5.07. The average Bonchev–Trinajstić information content (AvgIpc) is 2.42. The number of hydrogen-bond donors (Lipinski definition) is 3. The lowest BCUT2D eigenvalue weighted by Crippen LogP contribution is -2.34. The van der Waals surface area contributed by atoms with Crippen molar-refractivity contribution in [3.05, 3.63) is 22.2 Å². The molecular formula is C14H21BrN2O2. The molecule has 0 aromatic heterocycles. The van der Waals surface area contributed by atoms with Crippen LogP contribution in [0.4, 0.5) is 5.69 Å². The van der Waals surface area contributed by atoms with Crippen molar-refractivity contribution < 1.29 is 9.84 Å². The highest BCUT2D eigenvalue weighted by molar-refractivity contribution is 9.10. The Hall–Kier alpha value is -0.780. The molecule has 106 valence electrons. The molecule has 1 fully saturated rings. The SMILES string of the molecule is COc1cc(Br)c(N)c(CNC2CCC(O)CC2)c1. The number of nitrogen functional groups attached to an aromatic ring is 1. The molecule has 1 aliphatic carbocycles. The van der Waals surface area contributed by atoms with Crippen LogP contribution in [0.25, 0.3) is 0 Å². The number of methoxy groups -OCH3 is 1. The number of nitrogens with one attached hydrogen (secondary N) is 1. The number of anilines is 1. The van der Waals surface area contributed by atoms with Gasteiger partial charge in [-0.15, -0.1) is 0 Å². The van der Waals surface area contributed by atoms with Gasteiger partial charge in [-0.05, 0) is 59.3 Å². The first kappa shape index (κ1) is 14.6. The van der Waals surface area contributed by atoms with Gasteiger partial charge in [-0.2, -0.15) is 0 Å². The fourth-order valence-corrected chi connectivity index (χ4v) is 2.93. The van der Waals surface area contributed by atoms with Gasteiger partial charge in [0.2, 0.25) is 0 Å². The number of rotatable bonds is 4. The molecular weight excluding hydrogens is 308 g/mol. The van der Waals surface area contributed by atoms with E-state index in [-0.39, 0.29) is 6.10 Å². The van der Waals surface area contributed by atoms with Crippen LogP contribution >= 0.6 is 15.9 Å². The van der Waals surface area contributed by atoms with Gasteiger partial charge in [0, 0.05) is 17.1 Å². The Morgan fingerprint density at radius 2 is 2.05 bits per heavy atom. The molecule has 1 aromatic rings. The number of benzene rings is 1. The van der Waals surface area contributed by atoms with Crippen LogP contribution in [0.5, 0.6) is 5.75 Å². The highest BCUT2D eigenvalue weighted by Gasteiger charge is 2.19. The minimum Gasteiger partial charge on any atom is -0.497 e. The predicted octanol–water partition coefficient (Wildman–Crippen LogP) is 2.43. The van der Waals surface area contributed by atoms with Crippen molar-refractivity contribution in [2.75, 3.05) is 12.8 Å². The zero-order chi connectivity index (χ0) is 13.8. The fourth-order valence-electron chi connectivity index (χ4n) is 2.45. The van der Waals surface area contributed by atoms with Crippen molar-refractivity contribution >= 4 is 21.6 Å². The van der Waals surface area contributed by atoms with Crippen LogP contribution in [-0.4, -0.2) is 24.4 Å². The zero-order valence-electron chi connectivity index (χ0n) is 11.2. The van der Waals surface area contributed by atoms with Gasteiger partial charge in [0.1, 0.15) is 5.75 Å². The monoisotopic (exact) mass is 328 g/mol. The van der Waals surface area contributed by atoms with Crippen LogP contribution in [-0.2, 0) is 6.54 Å². The maximum absolute atomic E-state index is 9.49. The second kappa shape index (κ2) is 6.59. The number of aliphatic hydroxyl groups excluding tert-OH is 1. The Balaban J connectivity index is 1.97. The minimum absolute atomic E-state index is 0.117. The molecule has 2 rings (SSSR count). The molecule has 0 saturated heterocycles. The molecule has 0 unspecified atom stereocenters. The first-order valence-electron chi connectivity index (χ1n) is 6.63. The molecule has 0 radical (unpaired) electrons. The molecule has 0 spiro atoms. The van der Waals surface area contributed by atoms with Gasteiger partial charge in [0.15, 0.2) is 0 Å². The lowest BCUT2D eigenvalue weighted by atomic mass is 9.93. The summed E-state index contributed by atoms with van der Waals surface area (Å²) in [6.07, 6.45) is 3.69. The van der Waals surface area contributed by atoms with E-state index in [1.807, 2.05) is 12.1 Å². The first-order valence-corrected chi connectivity index (χ1v) is 7.42. The van der Waals surface area contributed by atoms with Crippen LogP contribution in [0.3, 0.4) is 0 Å². The third kappa shape index (κ3) is 3.84. The van der Waals surface area contributed by atoms with Gasteiger partial charge < -0.3 is 20.9 Å². The third-order valence-electron chi connectivity index (χ3n) is 3.70. The summed E-state index contributed by atoms with van der Waals surface area (Å²) in [5.74, 6) is 0.803. The Morgan fingerprint density at radius 3 is 2.68 bits per heavy atom. The Labute approximate surface area is 122 Å². The Morgan fingerprint density at radius 1 is 1.37 bits per heavy atom. The lowest BCUT2D eigenvalue weighted by molar-refractivity contribution is 0.116. The van der Waals surface area contributed by atoms with Crippen LogP contribution in [0.1, 0.15) is 31.2 Å². The Bertz CT molecular complexity index is 432. The van der Waals surface area contributed by atoms with Crippen LogP contribution in [0.2, 0.25) is 0 Å². The van der Waals surface area contributed by atoms with Crippen molar-refractivity contribution in [2.45, 2.75) is 44.4 Å². The fraction of sp³-hybridized carbons (Fsp3) is 0.571. The van der Waals surface area contributed by atoms with Gasteiger partial charge in [-0.3, -0.25) is 0 Å². The smallest absolute Gasteiger partial charge is 0.120 e. The minimum atomic E-state index is -0.117. The highest BCUT2D eigenvalue weighted by atomic mass is 79.9. The molecule has 0 bridgehead atoms. The number of ether oxygens (including phenoxy) is 1. The van der Waals surface area contributed by atoms with Crippen molar-refractivity contribution in [1.29, 1.82) is 0 Å². The number of nitrogens with two attached hydrogens (primary N) is 1. The molecule has 4 N–H and O–H groups in total. The standard InChI is InChI=1S/C14H21BrN2O2/c1-19-12-6-9(14(16)13(15)7-12)8-17-10-2-4-11(18)5-3-10/h6-7,10-11,17-18H,2-5,8,16H2,1H3. The summed E-state index contributed by atoms with van der Waals surface area (Å²) in [4.78, 5) is 0. The van der Waals surface area contributed by atoms with Crippen LogP contribution in [0.15, 0.2) is 16.6 Å². The third-order valence-corrected chi connectivity index (χ3v) is 4.36. The van der Waals surface area contributed by atoms with Gasteiger partial charge >= 0.3 is 0 Å².